The molecule has 3 aromatic rings. The van der Waals surface area contributed by atoms with E-state index in [9.17, 15) is 4.79 Å². The van der Waals surface area contributed by atoms with Gasteiger partial charge in [0.1, 0.15) is 17.8 Å². The Kier molecular flexibility index (Phi) is 4.71. The summed E-state index contributed by atoms with van der Waals surface area (Å²) >= 11 is 6.06. The number of nitrogens with zero attached hydrogens (tertiary/aromatic N) is 5. The SMILES string of the molecule is CC(C)(C)n1nc(-c2ccc(Cl)cc2)c2c(NC(=O)N3CCCC3)ncnc21. The molecule has 2 aromatic heterocycles. The van der Waals surface area contributed by atoms with E-state index in [1.165, 1.54) is 6.33 Å². The molecule has 8 heteroatoms. The summed E-state index contributed by atoms with van der Waals surface area (Å²) in [4.78, 5) is 23.3. The molecule has 7 nitrogen and oxygen atoms in total. The van der Waals surface area contributed by atoms with Crippen LogP contribution in [0, 0.1) is 0 Å². The highest BCUT2D eigenvalue weighted by Gasteiger charge is 2.26. The number of likely N-dealkylation sites (tertiary alicyclic amines) is 1. The number of benzene rings is 1. The number of carbonyl (C=O) groups excluding carboxylic acids is 1. The van der Waals surface area contributed by atoms with Crippen molar-refractivity contribution in [3.8, 4) is 11.3 Å². The third-order valence-corrected chi connectivity index (χ3v) is 5.09. The molecule has 4 rings (SSSR count). The lowest BCUT2D eigenvalue weighted by Gasteiger charge is -2.20. The summed E-state index contributed by atoms with van der Waals surface area (Å²) in [5.74, 6) is 0.474. The predicted octanol–water partition coefficient (Wildman–Crippen LogP) is 4.53. The van der Waals surface area contributed by atoms with Gasteiger partial charge in [0.2, 0.25) is 0 Å². The minimum absolute atomic E-state index is 0.136. The Morgan fingerprint density at radius 2 is 1.79 bits per heavy atom. The van der Waals surface area contributed by atoms with Crippen molar-refractivity contribution in [2.75, 3.05) is 18.4 Å². The lowest BCUT2D eigenvalue weighted by molar-refractivity contribution is 0.222. The normalized spacial score (nSPS) is 14.6. The second kappa shape index (κ2) is 7.05. The Morgan fingerprint density at radius 1 is 1.11 bits per heavy atom. The molecule has 0 saturated carbocycles. The van der Waals surface area contributed by atoms with E-state index in [2.05, 4.69) is 36.1 Å². The first-order valence-corrected chi connectivity index (χ1v) is 9.78. The molecule has 1 aromatic carbocycles. The number of hydrogen-bond acceptors (Lipinski definition) is 4. The van der Waals surface area contributed by atoms with Gasteiger partial charge in [-0.3, -0.25) is 5.32 Å². The highest BCUT2D eigenvalue weighted by molar-refractivity contribution is 6.30. The van der Waals surface area contributed by atoms with Crippen LogP contribution in [0.25, 0.3) is 22.3 Å². The molecular weight excluding hydrogens is 376 g/mol. The zero-order chi connectivity index (χ0) is 19.9. The van der Waals surface area contributed by atoms with Crippen LogP contribution < -0.4 is 5.32 Å². The fraction of sp³-hybridized carbons (Fsp3) is 0.400. The molecule has 1 saturated heterocycles. The maximum atomic E-state index is 12.7. The van der Waals surface area contributed by atoms with E-state index in [-0.39, 0.29) is 11.6 Å². The summed E-state index contributed by atoms with van der Waals surface area (Å²) in [5, 5.41) is 9.19. The van der Waals surface area contributed by atoms with Crippen LogP contribution in [0.1, 0.15) is 33.6 Å². The van der Waals surface area contributed by atoms with Crippen molar-refractivity contribution in [1.82, 2.24) is 24.6 Å². The topological polar surface area (TPSA) is 75.9 Å². The number of hydrogen-bond donors (Lipinski definition) is 1. The summed E-state index contributed by atoms with van der Waals surface area (Å²) < 4.78 is 1.87. The second-order valence-corrected chi connectivity index (χ2v) is 8.42. The molecule has 0 unspecified atom stereocenters. The van der Waals surface area contributed by atoms with Crippen molar-refractivity contribution >= 4 is 34.5 Å². The number of rotatable bonds is 2. The van der Waals surface area contributed by atoms with E-state index in [1.54, 1.807) is 0 Å². The summed E-state index contributed by atoms with van der Waals surface area (Å²) in [6.45, 7) is 7.73. The largest absolute Gasteiger partial charge is 0.324 e. The summed E-state index contributed by atoms with van der Waals surface area (Å²) in [6, 6.07) is 7.34. The van der Waals surface area contributed by atoms with Crippen LogP contribution in [-0.2, 0) is 5.54 Å². The fourth-order valence-electron chi connectivity index (χ4n) is 3.43. The standard InChI is InChI=1S/C20H23ClN6O/c1-20(2,3)27-18-15(16(25-27)13-6-8-14(21)9-7-13)17(22-12-23-18)24-19(28)26-10-4-5-11-26/h6-9,12H,4-5,10-11H2,1-3H3,(H,22,23,24,28). The van der Waals surface area contributed by atoms with Gasteiger partial charge in [-0.25, -0.2) is 19.4 Å². The van der Waals surface area contributed by atoms with Crippen LogP contribution in [0.4, 0.5) is 10.6 Å². The van der Waals surface area contributed by atoms with Crippen molar-refractivity contribution in [3.05, 3.63) is 35.6 Å². The molecule has 28 heavy (non-hydrogen) atoms. The van der Waals surface area contributed by atoms with E-state index in [1.807, 2.05) is 33.8 Å². The van der Waals surface area contributed by atoms with Crippen LogP contribution in [0.3, 0.4) is 0 Å². The van der Waals surface area contributed by atoms with Crippen molar-refractivity contribution in [2.24, 2.45) is 0 Å². The minimum atomic E-state index is -0.284. The minimum Gasteiger partial charge on any atom is -0.324 e. The van der Waals surface area contributed by atoms with Gasteiger partial charge in [0.05, 0.1) is 10.9 Å². The van der Waals surface area contributed by atoms with E-state index in [0.717, 1.165) is 42.6 Å². The van der Waals surface area contributed by atoms with Gasteiger partial charge >= 0.3 is 6.03 Å². The zero-order valence-electron chi connectivity index (χ0n) is 16.2. The molecule has 3 heterocycles. The predicted molar refractivity (Wildman–Crippen MR) is 111 cm³/mol. The smallest absolute Gasteiger partial charge is 0.323 e. The number of halogens is 1. The number of urea groups is 1. The average Bonchev–Trinajstić information content (AvgIpc) is 3.30. The number of fused-ring (bicyclic) bond motifs is 1. The van der Waals surface area contributed by atoms with Gasteiger partial charge < -0.3 is 4.90 Å². The quantitative estimate of drug-likeness (QED) is 0.688. The zero-order valence-corrected chi connectivity index (χ0v) is 17.0. The van der Waals surface area contributed by atoms with Crippen LogP contribution >= 0.6 is 11.6 Å². The molecular formula is C20H23ClN6O. The molecule has 1 aliphatic heterocycles. The first-order chi connectivity index (χ1) is 13.3. The molecule has 0 bridgehead atoms. The van der Waals surface area contributed by atoms with E-state index in [0.29, 0.717) is 16.5 Å². The van der Waals surface area contributed by atoms with Gasteiger partial charge in [0.15, 0.2) is 5.65 Å². The number of aromatic nitrogens is 4. The molecule has 1 N–H and O–H groups in total. The van der Waals surface area contributed by atoms with Crippen molar-refractivity contribution in [1.29, 1.82) is 0 Å². The third-order valence-electron chi connectivity index (χ3n) is 4.84. The molecule has 1 aliphatic rings. The Morgan fingerprint density at radius 3 is 2.43 bits per heavy atom. The molecule has 1 fully saturated rings. The number of anilines is 1. The third kappa shape index (κ3) is 3.42. The maximum absolute atomic E-state index is 12.7. The maximum Gasteiger partial charge on any atom is 0.323 e. The van der Waals surface area contributed by atoms with E-state index >= 15 is 0 Å². The van der Waals surface area contributed by atoms with Gasteiger partial charge in [-0.05, 0) is 45.7 Å². The second-order valence-electron chi connectivity index (χ2n) is 7.98. The summed E-state index contributed by atoms with van der Waals surface area (Å²) in [7, 11) is 0. The van der Waals surface area contributed by atoms with Crippen molar-refractivity contribution in [2.45, 2.75) is 39.2 Å². The van der Waals surface area contributed by atoms with Gasteiger partial charge in [0, 0.05) is 23.7 Å². The van der Waals surface area contributed by atoms with Crippen molar-refractivity contribution in [3.63, 3.8) is 0 Å². The van der Waals surface area contributed by atoms with E-state index < -0.39 is 0 Å². The molecule has 2 amide bonds. The summed E-state index contributed by atoms with van der Waals surface area (Å²) in [5.41, 5.74) is 2.01. The monoisotopic (exact) mass is 398 g/mol. The van der Waals surface area contributed by atoms with Gasteiger partial charge in [-0.15, -0.1) is 0 Å². The molecule has 146 valence electrons. The molecule has 0 radical (unpaired) electrons. The lowest BCUT2D eigenvalue weighted by atomic mass is 10.1. The lowest BCUT2D eigenvalue weighted by Crippen LogP contribution is -2.32. The number of nitrogens with one attached hydrogen (secondary N) is 1. The Labute approximate surface area is 168 Å². The van der Waals surface area contributed by atoms with Gasteiger partial charge in [0.25, 0.3) is 0 Å². The molecule has 0 aliphatic carbocycles. The molecule has 0 atom stereocenters. The van der Waals surface area contributed by atoms with Crippen LogP contribution in [0.2, 0.25) is 5.02 Å². The van der Waals surface area contributed by atoms with Gasteiger partial charge in [-0.1, -0.05) is 23.7 Å². The fourth-order valence-corrected chi connectivity index (χ4v) is 3.55. The van der Waals surface area contributed by atoms with Crippen LogP contribution in [0.15, 0.2) is 30.6 Å². The number of amides is 2. The van der Waals surface area contributed by atoms with Crippen molar-refractivity contribution < 1.29 is 4.79 Å². The Bertz CT molecular complexity index is 1020. The summed E-state index contributed by atoms with van der Waals surface area (Å²) in [6.07, 6.45) is 3.53. The Hall–Kier alpha value is -2.67. The molecule has 0 spiro atoms. The number of carbonyl (C=O) groups is 1. The Balaban J connectivity index is 1.87. The van der Waals surface area contributed by atoms with Crippen LogP contribution in [-0.4, -0.2) is 43.8 Å². The van der Waals surface area contributed by atoms with Crippen LogP contribution in [0.5, 0.6) is 0 Å². The van der Waals surface area contributed by atoms with Gasteiger partial charge in [-0.2, -0.15) is 5.10 Å². The first kappa shape index (κ1) is 18.7. The highest BCUT2D eigenvalue weighted by Crippen LogP contribution is 2.34. The average molecular weight is 399 g/mol. The first-order valence-electron chi connectivity index (χ1n) is 9.40. The highest BCUT2D eigenvalue weighted by atomic mass is 35.5. The van der Waals surface area contributed by atoms with E-state index in [4.69, 9.17) is 16.7 Å².